The largest absolute Gasteiger partial charge is 0.387 e. The number of fused-ring (bicyclic) bond motifs is 4. The van der Waals surface area contributed by atoms with Gasteiger partial charge in [0.15, 0.2) is 0 Å². The third-order valence-electron chi connectivity index (χ3n) is 5.17. The fourth-order valence-electron chi connectivity index (χ4n) is 4.17. The molecule has 1 aromatic carbocycles. The van der Waals surface area contributed by atoms with E-state index in [9.17, 15) is 9.90 Å². The van der Waals surface area contributed by atoms with E-state index in [0.29, 0.717) is 18.4 Å². The number of benzene rings is 1. The lowest BCUT2D eigenvalue weighted by atomic mass is 9.83. The topological polar surface area (TPSA) is 45.5 Å². The van der Waals surface area contributed by atoms with E-state index in [-0.39, 0.29) is 5.56 Å². The second-order valence-corrected chi connectivity index (χ2v) is 6.84. The molecule has 2 aliphatic rings. The van der Waals surface area contributed by atoms with Gasteiger partial charge >= 0.3 is 0 Å². The third-order valence-corrected chi connectivity index (χ3v) is 5.17. The molecule has 120 valence electrons. The van der Waals surface area contributed by atoms with Gasteiger partial charge in [0.05, 0.1) is 6.10 Å². The van der Waals surface area contributed by atoms with Crippen molar-refractivity contribution >= 4 is 0 Å². The average Bonchev–Trinajstić information content (AvgIpc) is 2.57. The van der Waals surface area contributed by atoms with Crippen molar-refractivity contribution < 1.29 is 5.11 Å². The molecule has 3 heterocycles. The number of β-amino-alcohol motifs (C(OH)–C–C–N with tert-alkyl or cyclic N) is 1. The summed E-state index contributed by atoms with van der Waals surface area (Å²) in [6.07, 6.45) is 0.703. The standard InChI is InChI=1S/C19H22N2O2/c22-18(15-5-2-1-3-6-15)13-20-10-14-9-16(12-20)17-7-4-8-19(23)21(17)11-14/h1-8,14,16,18,22H,9-13H2/t14-,16+,18?/m1/s1. The number of piperidine rings is 1. The molecule has 4 rings (SSSR count). The van der Waals surface area contributed by atoms with Gasteiger partial charge in [0.25, 0.3) is 5.56 Å². The summed E-state index contributed by atoms with van der Waals surface area (Å²) in [5.41, 5.74) is 2.25. The fraction of sp³-hybridized carbons (Fsp3) is 0.421. The van der Waals surface area contributed by atoms with Crippen LogP contribution in [-0.2, 0) is 6.54 Å². The van der Waals surface area contributed by atoms with Crippen LogP contribution < -0.4 is 5.56 Å². The molecule has 0 amide bonds. The lowest BCUT2D eigenvalue weighted by Crippen LogP contribution is -2.48. The zero-order valence-electron chi connectivity index (χ0n) is 13.1. The molecule has 0 spiro atoms. The van der Waals surface area contributed by atoms with E-state index in [0.717, 1.165) is 37.3 Å². The van der Waals surface area contributed by atoms with Gasteiger partial charge in [-0.25, -0.2) is 0 Å². The van der Waals surface area contributed by atoms with E-state index < -0.39 is 6.10 Å². The van der Waals surface area contributed by atoms with Crippen LogP contribution in [0.5, 0.6) is 0 Å². The Bertz CT molecular complexity index is 741. The minimum Gasteiger partial charge on any atom is -0.387 e. The lowest BCUT2D eigenvalue weighted by Gasteiger charge is -2.43. The second kappa shape index (κ2) is 5.95. The van der Waals surface area contributed by atoms with E-state index in [1.165, 1.54) is 0 Å². The van der Waals surface area contributed by atoms with Crippen molar-refractivity contribution in [2.24, 2.45) is 5.92 Å². The van der Waals surface area contributed by atoms with Crippen LogP contribution in [0.15, 0.2) is 53.3 Å². The first-order chi connectivity index (χ1) is 11.2. The van der Waals surface area contributed by atoms with E-state index in [4.69, 9.17) is 0 Å². The molecule has 1 saturated heterocycles. The molecule has 1 N–H and O–H groups in total. The van der Waals surface area contributed by atoms with Crippen LogP contribution in [0.2, 0.25) is 0 Å². The van der Waals surface area contributed by atoms with E-state index in [2.05, 4.69) is 11.0 Å². The number of aliphatic hydroxyl groups is 1. The van der Waals surface area contributed by atoms with Crippen molar-refractivity contribution in [3.8, 4) is 0 Å². The van der Waals surface area contributed by atoms with E-state index >= 15 is 0 Å². The lowest BCUT2D eigenvalue weighted by molar-refractivity contribution is 0.0621. The minimum absolute atomic E-state index is 0.120. The number of aromatic nitrogens is 1. The Balaban J connectivity index is 1.51. The molecule has 2 aromatic rings. The normalized spacial score (nSPS) is 24.9. The van der Waals surface area contributed by atoms with Gasteiger partial charge in [0, 0.05) is 43.9 Å². The zero-order valence-corrected chi connectivity index (χ0v) is 13.1. The smallest absolute Gasteiger partial charge is 0.250 e. The van der Waals surface area contributed by atoms with Gasteiger partial charge in [-0.3, -0.25) is 9.69 Å². The molecule has 0 radical (unpaired) electrons. The second-order valence-electron chi connectivity index (χ2n) is 6.84. The number of aliphatic hydroxyl groups excluding tert-OH is 1. The molecular weight excluding hydrogens is 288 g/mol. The molecule has 4 nitrogen and oxygen atoms in total. The van der Waals surface area contributed by atoms with Gasteiger partial charge in [-0.05, 0) is 24.0 Å². The zero-order chi connectivity index (χ0) is 15.8. The van der Waals surface area contributed by atoms with Crippen LogP contribution in [0.1, 0.15) is 29.7 Å². The maximum atomic E-state index is 12.0. The highest BCUT2D eigenvalue weighted by atomic mass is 16.3. The number of hydrogen-bond acceptors (Lipinski definition) is 3. The van der Waals surface area contributed by atoms with Gasteiger partial charge in [-0.1, -0.05) is 36.4 Å². The Morgan fingerprint density at radius 1 is 1.04 bits per heavy atom. The number of nitrogens with zero attached hydrogens (tertiary/aromatic N) is 2. The first-order valence-corrected chi connectivity index (χ1v) is 8.36. The number of rotatable bonds is 3. The van der Waals surface area contributed by atoms with E-state index in [1.54, 1.807) is 6.07 Å². The Morgan fingerprint density at radius 2 is 1.87 bits per heavy atom. The van der Waals surface area contributed by atoms with Gasteiger partial charge in [0.1, 0.15) is 0 Å². The summed E-state index contributed by atoms with van der Waals surface area (Å²) in [5.74, 6) is 0.906. The molecule has 2 bridgehead atoms. The van der Waals surface area contributed by atoms with Crippen LogP contribution >= 0.6 is 0 Å². The predicted molar refractivity (Wildman–Crippen MR) is 89.4 cm³/mol. The van der Waals surface area contributed by atoms with Crippen LogP contribution in [0.4, 0.5) is 0 Å². The quantitative estimate of drug-likeness (QED) is 0.943. The Kier molecular flexibility index (Phi) is 3.79. The number of pyridine rings is 1. The molecule has 1 aromatic heterocycles. The van der Waals surface area contributed by atoms with Crippen LogP contribution in [0.3, 0.4) is 0 Å². The van der Waals surface area contributed by atoms with Crippen LogP contribution in [0, 0.1) is 5.92 Å². The summed E-state index contributed by atoms with van der Waals surface area (Å²) in [4.78, 5) is 14.4. The predicted octanol–water partition coefficient (Wildman–Crippen LogP) is 2.00. The summed E-state index contributed by atoms with van der Waals surface area (Å²) < 4.78 is 1.95. The number of likely N-dealkylation sites (tertiary alicyclic amines) is 1. The maximum absolute atomic E-state index is 12.0. The van der Waals surface area contributed by atoms with Crippen molar-refractivity contribution in [3.05, 3.63) is 70.1 Å². The first-order valence-electron chi connectivity index (χ1n) is 8.36. The maximum Gasteiger partial charge on any atom is 0.250 e. The monoisotopic (exact) mass is 310 g/mol. The summed E-state index contributed by atoms with van der Waals surface area (Å²) in [5, 5.41) is 10.5. The SMILES string of the molecule is O=c1cccc2n1C[C@@H]1C[C@H]2CN(CC(O)c2ccccc2)C1. The highest BCUT2D eigenvalue weighted by molar-refractivity contribution is 5.19. The van der Waals surface area contributed by atoms with Crippen LogP contribution in [-0.4, -0.2) is 34.2 Å². The fourth-order valence-corrected chi connectivity index (χ4v) is 4.17. The highest BCUT2D eigenvalue weighted by Crippen LogP contribution is 2.35. The molecule has 0 saturated carbocycles. The molecule has 1 fully saturated rings. The minimum atomic E-state index is -0.451. The van der Waals surface area contributed by atoms with Crippen molar-refractivity contribution in [2.75, 3.05) is 19.6 Å². The van der Waals surface area contributed by atoms with Gasteiger partial charge < -0.3 is 9.67 Å². The van der Waals surface area contributed by atoms with Crippen molar-refractivity contribution in [1.29, 1.82) is 0 Å². The Labute approximate surface area is 136 Å². The molecule has 0 aliphatic carbocycles. The first kappa shape index (κ1) is 14.7. The molecular formula is C19H22N2O2. The number of hydrogen-bond donors (Lipinski definition) is 1. The summed E-state index contributed by atoms with van der Waals surface area (Å²) in [6.45, 7) is 3.35. The van der Waals surface area contributed by atoms with Gasteiger partial charge in [0.2, 0.25) is 0 Å². The van der Waals surface area contributed by atoms with Crippen molar-refractivity contribution in [2.45, 2.75) is 25.0 Å². The van der Waals surface area contributed by atoms with Crippen LogP contribution in [0.25, 0.3) is 0 Å². The summed E-state index contributed by atoms with van der Waals surface area (Å²) >= 11 is 0. The molecule has 23 heavy (non-hydrogen) atoms. The molecule has 2 aliphatic heterocycles. The van der Waals surface area contributed by atoms with Crippen molar-refractivity contribution in [1.82, 2.24) is 9.47 Å². The van der Waals surface area contributed by atoms with Gasteiger partial charge in [-0.2, -0.15) is 0 Å². The molecule has 1 unspecified atom stereocenters. The molecule has 4 heteroatoms. The Morgan fingerprint density at radius 3 is 2.70 bits per heavy atom. The van der Waals surface area contributed by atoms with E-state index in [1.807, 2.05) is 41.0 Å². The van der Waals surface area contributed by atoms with Gasteiger partial charge in [-0.15, -0.1) is 0 Å². The third kappa shape index (κ3) is 2.84. The summed E-state index contributed by atoms with van der Waals surface area (Å²) in [7, 11) is 0. The summed E-state index contributed by atoms with van der Waals surface area (Å²) in [6, 6.07) is 15.5. The molecule has 3 atom stereocenters. The average molecular weight is 310 g/mol. The van der Waals surface area contributed by atoms with Crippen molar-refractivity contribution in [3.63, 3.8) is 0 Å². The highest BCUT2D eigenvalue weighted by Gasteiger charge is 2.34. The Hall–Kier alpha value is -1.91.